The molecule has 0 aromatic carbocycles. The Balaban J connectivity index is 1.98. The van der Waals surface area contributed by atoms with Crippen molar-refractivity contribution in [2.45, 2.75) is 19.8 Å². The number of anilines is 2. The molecule has 0 spiro atoms. The van der Waals surface area contributed by atoms with E-state index >= 15 is 0 Å². The summed E-state index contributed by atoms with van der Waals surface area (Å²) in [5.74, 6) is -1.25. The number of hydrogen-bond acceptors (Lipinski definition) is 4. The normalized spacial score (nSPS) is 10.4. The lowest BCUT2D eigenvalue weighted by Crippen LogP contribution is -2.11. The van der Waals surface area contributed by atoms with E-state index < -0.39 is 11.6 Å². The Morgan fingerprint density at radius 2 is 1.81 bits per heavy atom. The first-order valence-corrected chi connectivity index (χ1v) is 6.93. The van der Waals surface area contributed by atoms with Gasteiger partial charge < -0.3 is 10.6 Å². The second kappa shape index (κ2) is 7.52. The average Bonchev–Trinajstić information content (AvgIpc) is 2.49. The van der Waals surface area contributed by atoms with Gasteiger partial charge in [0.2, 0.25) is 0 Å². The third-order valence-corrected chi connectivity index (χ3v) is 2.90. The van der Waals surface area contributed by atoms with Crippen LogP contribution < -0.4 is 10.6 Å². The van der Waals surface area contributed by atoms with E-state index in [4.69, 9.17) is 0 Å². The summed E-state index contributed by atoms with van der Waals surface area (Å²) in [7, 11) is 0. The molecule has 6 heteroatoms. The summed E-state index contributed by atoms with van der Waals surface area (Å²) < 4.78 is 27.2. The van der Waals surface area contributed by atoms with Crippen LogP contribution in [0.4, 0.5) is 20.4 Å². The van der Waals surface area contributed by atoms with Crippen LogP contribution in [-0.2, 0) is 6.42 Å². The Hall–Kier alpha value is -2.24. The number of pyridine rings is 2. The van der Waals surface area contributed by atoms with Gasteiger partial charge in [0.1, 0.15) is 0 Å². The topological polar surface area (TPSA) is 49.8 Å². The molecule has 112 valence electrons. The largest absolute Gasteiger partial charge is 0.368 e. The van der Waals surface area contributed by atoms with Gasteiger partial charge in [0.05, 0.1) is 0 Å². The molecular formula is C15H18F2N4. The summed E-state index contributed by atoms with van der Waals surface area (Å²) >= 11 is 0. The smallest absolute Gasteiger partial charge is 0.168 e. The predicted octanol–water partition coefficient (Wildman–Crippen LogP) is 3.23. The Labute approximate surface area is 122 Å². The van der Waals surface area contributed by atoms with Crippen LogP contribution in [-0.4, -0.2) is 23.1 Å². The predicted molar refractivity (Wildman–Crippen MR) is 79.4 cm³/mol. The lowest BCUT2D eigenvalue weighted by molar-refractivity contribution is 0.577. The maximum absolute atomic E-state index is 13.7. The lowest BCUT2D eigenvalue weighted by Gasteiger charge is -2.10. The fraction of sp³-hybridized carbons (Fsp3) is 0.333. The van der Waals surface area contributed by atoms with Crippen LogP contribution in [0.25, 0.3) is 0 Å². The zero-order valence-electron chi connectivity index (χ0n) is 11.9. The Morgan fingerprint density at radius 1 is 1.10 bits per heavy atom. The standard InChI is InChI=1S/C15H18F2N4/c1-2-6-19-14-12(16)9-13(17)15(21-14)20-8-5-11-4-3-7-18-10-11/h3-4,7,9-10H,2,5-6,8H2,1H3,(H2,19,20,21). The zero-order chi connectivity index (χ0) is 15.1. The van der Waals surface area contributed by atoms with Crippen molar-refractivity contribution in [1.29, 1.82) is 0 Å². The van der Waals surface area contributed by atoms with E-state index in [1.807, 2.05) is 19.1 Å². The number of hydrogen-bond donors (Lipinski definition) is 2. The third kappa shape index (κ3) is 4.37. The monoisotopic (exact) mass is 292 g/mol. The SMILES string of the molecule is CCCNc1nc(NCCc2cccnc2)c(F)cc1F. The number of nitrogens with one attached hydrogen (secondary N) is 2. The van der Waals surface area contributed by atoms with E-state index in [1.165, 1.54) is 0 Å². The molecule has 0 radical (unpaired) electrons. The van der Waals surface area contributed by atoms with Crippen molar-refractivity contribution >= 4 is 11.6 Å². The van der Waals surface area contributed by atoms with Crippen LogP contribution in [0.15, 0.2) is 30.6 Å². The first-order chi connectivity index (χ1) is 10.2. The second-order valence-electron chi connectivity index (χ2n) is 4.61. The van der Waals surface area contributed by atoms with Gasteiger partial charge in [-0.25, -0.2) is 13.8 Å². The highest BCUT2D eigenvalue weighted by Crippen LogP contribution is 2.19. The summed E-state index contributed by atoms with van der Waals surface area (Å²) in [4.78, 5) is 7.96. The van der Waals surface area contributed by atoms with E-state index in [2.05, 4.69) is 20.6 Å². The maximum atomic E-state index is 13.7. The first-order valence-electron chi connectivity index (χ1n) is 6.93. The van der Waals surface area contributed by atoms with Crippen LogP contribution in [0.1, 0.15) is 18.9 Å². The molecule has 0 atom stereocenters. The molecule has 0 aliphatic heterocycles. The van der Waals surface area contributed by atoms with Crippen molar-refractivity contribution in [3.63, 3.8) is 0 Å². The Kier molecular flexibility index (Phi) is 5.43. The van der Waals surface area contributed by atoms with Gasteiger partial charge in [0.25, 0.3) is 0 Å². The summed E-state index contributed by atoms with van der Waals surface area (Å²) in [6.07, 6.45) is 4.97. The maximum Gasteiger partial charge on any atom is 0.168 e. The minimum atomic E-state index is -0.694. The molecule has 0 saturated heterocycles. The quantitative estimate of drug-likeness (QED) is 0.822. The van der Waals surface area contributed by atoms with Gasteiger partial charge >= 0.3 is 0 Å². The van der Waals surface area contributed by atoms with Crippen LogP contribution in [0.3, 0.4) is 0 Å². The summed E-state index contributed by atoms with van der Waals surface area (Å²) in [5.41, 5.74) is 1.04. The van der Waals surface area contributed by atoms with Crippen LogP contribution in [0, 0.1) is 11.6 Å². The van der Waals surface area contributed by atoms with Gasteiger partial charge in [-0.1, -0.05) is 13.0 Å². The molecule has 21 heavy (non-hydrogen) atoms. The van der Waals surface area contributed by atoms with E-state index in [1.54, 1.807) is 12.4 Å². The van der Waals surface area contributed by atoms with Gasteiger partial charge in [-0.05, 0) is 24.5 Å². The fourth-order valence-electron chi connectivity index (χ4n) is 1.83. The molecule has 2 heterocycles. The summed E-state index contributed by atoms with van der Waals surface area (Å²) in [5, 5.41) is 5.72. The van der Waals surface area contributed by atoms with E-state index in [-0.39, 0.29) is 11.6 Å². The van der Waals surface area contributed by atoms with Gasteiger partial charge in [-0.15, -0.1) is 0 Å². The van der Waals surface area contributed by atoms with Gasteiger partial charge in [0, 0.05) is 31.5 Å². The van der Waals surface area contributed by atoms with Crippen molar-refractivity contribution in [2.75, 3.05) is 23.7 Å². The highest BCUT2D eigenvalue weighted by atomic mass is 19.1. The molecule has 2 rings (SSSR count). The zero-order valence-corrected chi connectivity index (χ0v) is 11.9. The molecule has 0 unspecified atom stereocenters. The molecular weight excluding hydrogens is 274 g/mol. The number of nitrogens with zero attached hydrogens (tertiary/aromatic N) is 2. The van der Waals surface area contributed by atoms with Crippen LogP contribution in [0.2, 0.25) is 0 Å². The van der Waals surface area contributed by atoms with E-state index in [0.717, 1.165) is 18.1 Å². The van der Waals surface area contributed by atoms with Crippen LogP contribution in [0.5, 0.6) is 0 Å². The highest BCUT2D eigenvalue weighted by Gasteiger charge is 2.11. The molecule has 0 amide bonds. The summed E-state index contributed by atoms with van der Waals surface area (Å²) in [6, 6.07) is 4.63. The van der Waals surface area contributed by atoms with Crippen molar-refractivity contribution in [3.8, 4) is 0 Å². The fourth-order valence-corrected chi connectivity index (χ4v) is 1.83. The molecule has 0 aliphatic rings. The van der Waals surface area contributed by atoms with Crippen molar-refractivity contribution in [1.82, 2.24) is 9.97 Å². The van der Waals surface area contributed by atoms with Gasteiger partial charge in [-0.2, -0.15) is 0 Å². The minimum Gasteiger partial charge on any atom is -0.368 e. The Bertz CT molecular complexity index is 575. The molecule has 2 aromatic rings. The number of rotatable bonds is 7. The van der Waals surface area contributed by atoms with Crippen LogP contribution >= 0.6 is 0 Å². The van der Waals surface area contributed by atoms with Crippen molar-refractivity contribution in [2.24, 2.45) is 0 Å². The highest BCUT2D eigenvalue weighted by molar-refractivity contribution is 5.47. The van der Waals surface area contributed by atoms with E-state index in [0.29, 0.717) is 19.5 Å². The average molecular weight is 292 g/mol. The molecule has 0 fully saturated rings. The van der Waals surface area contributed by atoms with Gasteiger partial charge in [0.15, 0.2) is 23.3 Å². The molecule has 4 nitrogen and oxygen atoms in total. The molecule has 2 N–H and O–H groups in total. The lowest BCUT2D eigenvalue weighted by atomic mass is 10.2. The number of halogens is 2. The Morgan fingerprint density at radius 3 is 2.43 bits per heavy atom. The first kappa shape index (κ1) is 15.2. The second-order valence-corrected chi connectivity index (χ2v) is 4.61. The van der Waals surface area contributed by atoms with Crippen molar-refractivity contribution in [3.05, 3.63) is 47.8 Å². The molecule has 2 aromatic heterocycles. The summed E-state index contributed by atoms with van der Waals surface area (Å²) in [6.45, 7) is 3.04. The van der Waals surface area contributed by atoms with E-state index in [9.17, 15) is 8.78 Å². The molecule has 0 saturated carbocycles. The minimum absolute atomic E-state index is 0.0545. The van der Waals surface area contributed by atoms with Crippen molar-refractivity contribution < 1.29 is 8.78 Å². The molecule has 0 bridgehead atoms. The third-order valence-electron chi connectivity index (χ3n) is 2.90. The van der Waals surface area contributed by atoms with Gasteiger partial charge in [-0.3, -0.25) is 4.98 Å². The molecule has 0 aliphatic carbocycles. The number of aromatic nitrogens is 2.